The average Bonchev–Trinajstić information content (AvgIpc) is 2.81. The molecule has 0 aromatic rings. The molecular weight excluding hydrogens is 198 g/mol. The first-order valence-corrected chi connectivity index (χ1v) is 5.19. The van der Waals surface area contributed by atoms with Gasteiger partial charge in [-0.25, -0.2) is 4.79 Å². The van der Waals surface area contributed by atoms with Gasteiger partial charge in [0, 0.05) is 26.0 Å². The number of ether oxygens (including phenoxy) is 1. The summed E-state index contributed by atoms with van der Waals surface area (Å²) < 4.78 is 5.16. The molecule has 5 heteroatoms. The van der Waals surface area contributed by atoms with Crippen LogP contribution in [0.3, 0.4) is 0 Å². The van der Waals surface area contributed by atoms with Crippen LogP contribution in [-0.4, -0.2) is 46.7 Å². The molecule has 1 atom stereocenters. The maximum atomic E-state index is 11.5. The van der Waals surface area contributed by atoms with Crippen molar-refractivity contribution >= 4 is 11.9 Å². The maximum Gasteiger partial charge on any atom is 0.332 e. The SMILES string of the molecule is CC(=O)N(C1CC1)C1(C(=O)O)CCOC1. The lowest BCUT2D eigenvalue weighted by molar-refractivity contribution is -0.159. The molecule has 1 amide bonds. The summed E-state index contributed by atoms with van der Waals surface area (Å²) in [7, 11) is 0. The first-order valence-electron chi connectivity index (χ1n) is 5.19. The number of hydrogen-bond acceptors (Lipinski definition) is 3. The minimum atomic E-state index is -1.10. The van der Waals surface area contributed by atoms with E-state index in [-0.39, 0.29) is 18.6 Å². The fraction of sp³-hybridized carbons (Fsp3) is 0.800. The van der Waals surface area contributed by atoms with Gasteiger partial charge >= 0.3 is 5.97 Å². The Hall–Kier alpha value is -1.10. The van der Waals surface area contributed by atoms with Crippen molar-refractivity contribution in [1.29, 1.82) is 0 Å². The molecule has 0 aromatic carbocycles. The van der Waals surface area contributed by atoms with Gasteiger partial charge in [-0.15, -0.1) is 0 Å². The summed E-state index contributed by atoms with van der Waals surface area (Å²) >= 11 is 0. The van der Waals surface area contributed by atoms with Crippen LogP contribution in [0.4, 0.5) is 0 Å². The van der Waals surface area contributed by atoms with E-state index in [2.05, 4.69) is 0 Å². The van der Waals surface area contributed by atoms with Crippen molar-refractivity contribution in [2.75, 3.05) is 13.2 Å². The third-order valence-electron chi connectivity index (χ3n) is 3.11. The highest BCUT2D eigenvalue weighted by molar-refractivity contribution is 5.87. The van der Waals surface area contributed by atoms with Crippen LogP contribution in [0.5, 0.6) is 0 Å². The summed E-state index contributed by atoms with van der Waals surface area (Å²) in [5, 5.41) is 9.29. The Morgan fingerprint density at radius 2 is 2.13 bits per heavy atom. The predicted octanol–water partition coefficient (Wildman–Crippen LogP) is 0.241. The summed E-state index contributed by atoms with van der Waals surface area (Å²) in [4.78, 5) is 24.4. The van der Waals surface area contributed by atoms with Crippen LogP contribution in [0.15, 0.2) is 0 Å². The van der Waals surface area contributed by atoms with Crippen molar-refractivity contribution in [2.45, 2.75) is 37.8 Å². The molecule has 1 N–H and O–H groups in total. The molecule has 0 spiro atoms. The lowest BCUT2D eigenvalue weighted by Gasteiger charge is -2.36. The number of amides is 1. The lowest BCUT2D eigenvalue weighted by Crippen LogP contribution is -2.58. The van der Waals surface area contributed by atoms with Crippen LogP contribution >= 0.6 is 0 Å². The van der Waals surface area contributed by atoms with Crippen LogP contribution < -0.4 is 0 Å². The zero-order chi connectivity index (χ0) is 11.1. The van der Waals surface area contributed by atoms with Crippen LogP contribution in [-0.2, 0) is 14.3 Å². The molecule has 84 valence electrons. The van der Waals surface area contributed by atoms with Gasteiger partial charge in [-0.05, 0) is 12.8 Å². The highest BCUT2D eigenvalue weighted by atomic mass is 16.5. The first-order chi connectivity index (χ1) is 7.08. The predicted molar refractivity (Wildman–Crippen MR) is 51.3 cm³/mol. The van der Waals surface area contributed by atoms with Gasteiger partial charge in [-0.2, -0.15) is 0 Å². The highest BCUT2D eigenvalue weighted by Crippen LogP contribution is 2.37. The molecule has 1 aliphatic carbocycles. The van der Waals surface area contributed by atoms with E-state index in [1.165, 1.54) is 11.8 Å². The number of aliphatic carboxylic acids is 1. The molecule has 0 aromatic heterocycles. The zero-order valence-corrected chi connectivity index (χ0v) is 8.73. The van der Waals surface area contributed by atoms with Crippen molar-refractivity contribution in [1.82, 2.24) is 4.90 Å². The summed E-state index contributed by atoms with van der Waals surface area (Å²) in [5.41, 5.74) is -1.10. The van der Waals surface area contributed by atoms with Crippen molar-refractivity contribution in [3.63, 3.8) is 0 Å². The molecule has 1 unspecified atom stereocenters. The van der Waals surface area contributed by atoms with E-state index in [1.54, 1.807) is 0 Å². The Bertz CT molecular complexity index is 292. The second kappa shape index (κ2) is 3.48. The smallest absolute Gasteiger partial charge is 0.332 e. The monoisotopic (exact) mass is 213 g/mol. The van der Waals surface area contributed by atoms with Crippen LogP contribution in [0, 0.1) is 0 Å². The molecule has 2 rings (SSSR count). The third kappa shape index (κ3) is 1.61. The Balaban J connectivity index is 2.28. The Kier molecular flexibility index (Phi) is 2.42. The summed E-state index contributed by atoms with van der Waals surface area (Å²) in [5.74, 6) is -1.10. The average molecular weight is 213 g/mol. The van der Waals surface area contributed by atoms with Crippen molar-refractivity contribution in [3.05, 3.63) is 0 Å². The van der Waals surface area contributed by atoms with Crippen LogP contribution in [0.25, 0.3) is 0 Å². The second-order valence-electron chi connectivity index (χ2n) is 4.26. The molecule has 0 bridgehead atoms. The number of nitrogens with zero attached hydrogens (tertiary/aromatic N) is 1. The van der Waals surface area contributed by atoms with E-state index in [9.17, 15) is 14.7 Å². The standard InChI is InChI=1S/C10H15NO4/c1-7(12)11(8-2-3-8)10(9(13)14)4-5-15-6-10/h8H,2-6H2,1H3,(H,13,14). The number of rotatable bonds is 3. The van der Waals surface area contributed by atoms with Crippen LogP contribution in [0.2, 0.25) is 0 Å². The molecular formula is C10H15NO4. The fourth-order valence-corrected chi connectivity index (χ4v) is 2.26. The quantitative estimate of drug-likeness (QED) is 0.729. The van der Waals surface area contributed by atoms with E-state index in [1.807, 2.05) is 0 Å². The summed E-state index contributed by atoms with van der Waals surface area (Å²) in [6.07, 6.45) is 2.22. The Morgan fingerprint density at radius 3 is 2.47 bits per heavy atom. The Morgan fingerprint density at radius 1 is 1.47 bits per heavy atom. The van der Waals surface area contributed by atoms with Crippen molar-refractivity contribution in [2.24, 2.45) is 0 Å². The summed E-state index contributed by atoms with van der Waals surface area (Å²) in [6.45, 7) is 1.97. The van der Waals surface area contributed by atoms with E-state index < -0.39 is 11.5 Å². The minimum Gasteiger partial charge on any atom is -0.479 e. The van der Waals surface area contributed by atoms with Gasteiger partial charge in [0.1, 0.15) is 0 Å². The number of carboxylic acid groups (broad SMARTS) is 1. The van der Waals surface area contributed by atoms with Gasteiger partial charge in [0.05, 0.1) is 6.61 Å². The zero-order valence-electron chi connectivity index (χ0n) is 8.73. The normalized spacial score (nSPS) is 30.2. The van der Waals surface area contributed by atoms with Gasteiger partial charge in [-0.3, -0.25) is 4.79 Å². The molecule has 1 aliphatic heterocycles. The first kappa shape index (κ1) is 10.4. The minimum absolute atomic E-state index is 0.111. The van der Waals surface area contributed by atoms with E-state index in [0.717, 1.165) is 12.8 Å². The van der Waals surface area contributed by atoms with Gasteiger partial charge < -0.3 is 14.7 Å². The third-order valence-corrected chi connectivity index (χ3v) is 3.11. The van der Waals surface area contributed by atoms with Gasteiger partial charge in [0.25, 0.3) is 0 Å². The molecule has 2 fully saturated rings. The van der Waals surface area contributed by atoms with E-state index >= 15 is 0 Å². The highest BCUT2D eigenvalue weighted by Gasteiger charge is 2.53. The van der Waals surface area contributed by atoms with Crippen molar-refractivity contribution in [3.8, 4) is 0 Å². The van der Waals surface area contributed by atoms with E-state index in [4.69, 9.17) is 4.74 Å². The summed E-state index contributed by atoms with van der Waals surface area (Å²) in [6, 6.07) is 0.111. The number of carbonyl (C=O) groups is 2. The largest absolute Gasteiger partial charge is 0.479 e. The number of carbonyl (C=O) groups excluding carboxylic acids is 1. The van der Waals surface area contributed by atoms with Gasteiger partial charge in [-0.1, -0.05) is 0 Å². The molecule has 15 heavy (non-hydrogen) atoms. The maximum absolute atomic E-state index is 11.5. The van der Waals surface area contributed by atoms with Gasteiger partial charge in [0.2, 0.25) is 5.91 Å². The molecule has 5 nitrogen and oxygen atoms in total. The topological polar surface area (TPSA) is 66.8 Å². The molecule has 0 radical (unpaired) electrons. The molecule has 1 heterocycles. The number of hydrogen-bond donors (Lipinski definition) is 1. The van der Waals surface area contributed by atoms with Gasteiger partial charge in [0.15, 0.2) is 5.54 Å². The number of carboxylic acids is 1. The lowest BCUT2D eigenvalue weighted by atomic mass is 9.96. The molecule has 2 aliphatic rings. The van der Waals surface area contributed by atoms with Crippen LogP contribution in [0.1, 0.15) is 26.2 Å². The molecule has 1 saturated heterocycles. The fourth-order valence-electron chi connectivity index (χ4n) is 2.26. The van der Waals surface area contributed by atoms with E-state index in [0.29, 0.717) is 13.0 Å². The molecule has 1 saturated carbocycles. The van der Waals surface area contributed by atoms with Crippen molar-refractivity contribution < 1.29 is 19.4 Å². The Labute approximate surface area is 88.0 Å². The second-order valence-corrected chi connectivity index (χ2v) is 4.26.